The van der Waals surface area contributed by atoms with Crippen LogP contribution in [0, 0.1) is 34.5 Å². The van der Waals surface area contributed by atoms with E-state index in [0.717, 1.165) is 35.9 Å². The molecule has 4 rings (SSSR count). The number of carbonyl (C=O) groups excluding carboxylic acids is 1. The summed E-state index contributed by atoms with van der Waals surface area (Å²) >= 11 is 3.70. The third-order valence-electron chi connectivity index (χ3n) is 8.13. The van der Waals surface area contributed by atoms with Crippen molar-refractivity contribution in [3.05, 3.63) is 11.6 Å². The number of fused-ring (bicyclic) bond motifs is 5. The van der Waals surface area contributed by atoms with E-state index in [1.807, 2.05) is 0 Å². The quantitative estimate of drug-likeness (QED) is 0.441. The predicted molar refractivity (Wildman–Crippen MR) is 94.0 cm³/mol. The van der Waals surface area contributed by atoms with Crippen LogP contribution < -0.4 is 0 Å². The highest BCUT2D eigenvalue weighted by molar-refractivity contribution is 9.09. The van der Waals surface area contributed by atoms with Crippen molar-refractivity contribution < 1.29 is 4.79 Å². The molecular formula is C20H29BrO. The topological polar surface area (TPSA) is 17.1 Å². The van der Waals surface area contributed by atoms with Crippen molar-refractivity contribution in [3.63, 3.8) is 0 Å². The Morgan fingerprint density at radius 1 is 1.14 bits per heavy atom. The summed E-state index contributed by atoms with van der Waals surface area (Å²) in [5.74, 6) is 3.70. The molecule has 0 aromatic rings. The lowest BCUT2D eigenvalue weighted by Crippen LogP contribution is -2.50. The van der Waals surface area contributed by atoms with Gasteiger partial charge in [-0.3, -0.25) is 4.79 Å². The van der Waals surface area contributed by atoms with Crippen LogP contribution in [0.5, 0.6) is 0 Å². The molecule has 0 spiro atoms. The Labute approximate surface area is 143 Å². The van der Waals surface area contributed by atoms with Gasteiger partial charge in [-0.1, -0.05) is 41.4 Å². The van der Waals surface area contributed by atoms with Crippen LogP contribution in [0.1, 0.15) is 65.2 Å². The number of alkyl halides is 1. The molecule has 4 aliphatic rings. The van der Waals surface area contributed by atoms with Crippen LogP contribution in [0.4, 0.5) is 0 Å². The standard InChI is InChI=1S/C20H29BrO/c1-19-9-7-13(12-21)11-14(19)3-4-15-16-5-6-18(22)20(16,2)10-8-17(15)19/h3,13,15-17H,4-12H2,1-2H3/t13-,15-,16-,17-,19-,20-/m0/s1. The molecule has 0 aromatic carbocycles. The van der Waals surface area contributed by atoms with Gasteiger partial charge in [-0.2, -0.15) is 0 Å². The molecule has 0 radical (unpaired) electrons. The van der Waals surface area contributed by atoms with E-state index in [2.05, 4.69) is 35.9 Å². The monoisotopic (exact) mass is 364 g/mol. The van der Waals surface area contributed by atoms with E-state index in [-0.39, 0.29) is 5.41 Å². The van der Waals surface area contributed by atoms with E-state index in [4.69, 9.17) is 0 Å². The molecule has 0 amide bonds. The number of rotatable bonds is 1. The van der Waals surface area contributed by atoms with E-state index in [1.54, 1.807) is 5.57 Å². The van der Waals surface area contributed by atoms with Gasteiger partial charge in [0.2, 0.25) is 0 Å². The van der Waals surface area contributed by atoms with Crippen LogP contribution in [0.25, 0.3) is 0 Å². The van der Waals surface area contributed by atoms with E-state index in [0.29, 0.717) is 17.1 Å². The van der Waals surface area contributed by atoms with Crippen molar-refractivity contribution in [3.8, 4) is 0 Å². The minimum absolute atomic E-state index is 0.0237. The van der Waals surface area contributed by atoms with Gasteiger partial charge in [0.25, 0.3) is 0 Å². The summed E-state index contributed by atoms with van der Waals surface area (Å²) < 4.78 is 0. The van der Waals surface area contributed by atoms with Gasteiger partial charge >= 0.3 is 0 Å². The molecule has 1 nitrogen and oxygen atoms in total. The second-order valence-corrected chi connectivity index (χ2v) is 9.59. The maximum absolute atomic E-state index is 12.4. The normalized spacial score (nSPS) is 50.9. The summed E-state index contributed by atoms with van der Waals surface area (Å²) in [7, 11) is 0. The number of hydrogen-bond donors (Lipinski definition) is 0. The van der Waals surface area contributed by atoms with Crippen LogP contribution in [-0.4, -0.2) is 11.1 Å². The average molecular weight is 365 g/mol. The highest BCUT2D eigenvalue weighted by Crippen LogP contribution is 2.64. The number of allylic oxidation sites excluding steroid dienone is 2. The molecule has 0 aromatic heterocycles. The summed E-state index contributed by atoms with van der Waals surface area (Å²) in [5.41, 5.74) is 2.22. The van der Waals surface area contributed by atoms with Crippen LogP contribution in [0.3, 0.4) is 0 Å². The van der Waals surface area contributed by atoms with Crippen molar-refractivity contribution in [2.45, 2.75) is 65.2 Å². The van der Waals surface area contributed by atoms with Crippen molar-refractivity contribution in [2.75, 3.05) is 5.33 Å². The molecule has 4 aliphatic carbocycles. The Balaban J connectivity index is 1.66. The Hall–Kier alpha value is -0.110. The van der Waals surface area contributed by atoms with Gasteiger partial charge in [0.1, 0.15) is 5.78 Å². The Bertz CT molecular complexity index is 524. The molecule has 122 valence electrons. The zero-order valence-electron chi connectivity index (χ0n) is 14.0. The second-order valence-electron chi connectivity index (χ2n) is 8.94. The Morgan fingerprint density at radius 3 is 2.64 bits per heavy atom. The SMILES string of the molecule is C[C@]12CC[C@H](CBr)CC1=CC[C@@H]1[C@@H]2CC[C@]2(C)C(=O)CC[C@@H]12. The molecule has 0 saturated heterocycles. The van der Waals surface area contributed by atoms with Crippen molar-refractivity contribution in [1.82, 2.24) is 0 Å². The van der Waals surface area contributed by atoms with Gasteiger partial charge in [-0.05, 0) is 74.0 Å². The average Bonchev–Trinajstić information content (AvgIpc) is 2.82. The van der Waals surface area contributed by atoms with E-state index in [9.17, 15) is 4.79 Å². The summed E-state index contributed by atoms with van der Waals surface area (Å²) in [6, 6.07) is 0. The molecule has 0 heterocycles. The van der Waals surface area contributed by atoms with Gasteiger partial charge in [0.15, 0.2) is 0 Å². The lowest BCUT2D eigenvalue weighted by Gasteiger charge is -2.57. The van der Waals surface area contributed by atoms with Gasteiger partial charge in [-0.15, -0.1) is 0 Å². The maximum Gasteiger partial charge on any atom is 0.139 e. The number of carbonyl (C=O) groups is 1. The smallest absolute Gasteiger partial charge is 0.139 e. The summed E-state index contributed by atoms with van der Waals surface area (Å²) in [5, 5.41) is 1.16. The molecule has 2 heteroatoms. The summed E-state index contributed by atoms with van der Waals surface area (Å²) in [6.45, 7) is 4.84. The predicted octanol–water partition coefficient (Wildman–Crippen LogP) is 5.53. The first-order chi connectivity index (χ1) is 10.5. The van der Waals surface area contributed by atoms with E-state index < -0.39 is 0 Å². The Kier molecular flexibility index (Phi) is 3.64. The number of ketones is 1. The lowest BCUT2D eigenvalue weighted by atomic mass is 9.47. The minimum atomic E-state index is 0.0237. The van der Waals surface area contributed by atoms with Crippen molar-refractivity contribution >= 4 is 21.7 Å². The Morgan fingerprint density at radius 2 is 1.86 bits per heavy atom. The summed E-state index contributed by atoms with van der Waals surface area (Å²) in [6.07, 6.45) is 12.4. The fourth-order valence-electron chi connectivity index (χ4n) is 6.64. The lowest BCUT2D eigenvalue weighted by molar-refractivity contribution is -0.131. The van der Waals surface area contributed by atoms with Crippen LogP contribution in [0.15, 0.2) is 11.6 Å². The molecule has 0 N–H and O–H groups in total. The highest BCUT2D eigenvalue weighted by atomic mass is 79.9. The van der Waals surface area contributed by atoms with Gasteiger partial charge in [0, 0.05) is 17.2 Å². The number of halogens is 1. The molecule has 0 unspecified atom stereocenters. The molecule has 0 aliphatic heterocycles. The largest absolute Gasteiger partial charge is 0.299 e. The van der Waals surface area contributed by atoms with Crippen LogP contribution >= 0.6 is 15.9 Å². The van der Waals surface area contributed by atoms with Gasteiger partial charge in [0.05, 0.1) is 0 Å². The number of Topliss-reactive ketones (excluding diaryl/α,β-unsaturated/α-hetero) is 1. The molecule has 6 atom stereocenters. The number of hydrogen-bond acceptors (Lipinski definition) is 1. The molecule has 0 bridgehead atoms. The third kappa shape index (κ3) is 1.98. The zero-order chi connectivity index (χ0) is 15.5. The fraction of sp³-hybridized carbons (Fsp3) is 0.850. The van der Waals surface area contributed by atoms with Gasteiger partial charge < -0.3 is 0 Å². The maximum atomic E-state index is 12.4. The zero-order valence-corrected chi connectivity index (χ0v) is 15.6. The van der Waals surface area contributed by atoms with E-state index in [1.165, 1.54) is 38.5 Å². The van der Waals surface area contributed by atoms with Crippen molar-refractivity contribution in [2.24, 2.45) is 34.5 Å². The first-order valence-electron chi connectivity index (χ1n) is 9.28. The van der Waals surface area contributed by atoms with Crippen LogP contribution in [0.2, 0.25) is 0 Å². The molecule has 3 fully saturated rings. The van der Waals surface area contributed by atoms with Crippen molar-refractivity contribution in [1.29, 1.82) is 0 Å². The fourth-order valence-corrected chi connectivity index (χ4v) is 7.19. The highest BCUT2D eigenvalue weighted by Gasteiger charge is 2.58. The molecular weight excluding hydrogens is 336 g/mol. The van der Waals surface area contributed by atoms with E-state index >= 15 is 0 Å². The molecule has 22 heavy (non-hydrogen) atoms. The first-order valence-corrected chi connectivity index (χ1v) is 10.4. The molecule has 3 saturated carbocycles. The first kappa shape index (κ1) is 15.4. The summed E-state index contributed by atoms with van der Waals surface area (Å²) in [4.78, 5) is 12.4. The second kappa shape index (κ2) is 5.19. The third-order valence-corrected chi connectivity index (χ3v) is 9.05. The van der Waals surface area contributed by atoms with Gasteiger partial charge in [-0.25, -0.2) is 0 Å². The minimum Gasteiger partial charge on any atom is -0.299 e. The van der Waals surface area contributed by atoms with Crippen LogP contribution in [-0.2, 0) is 4.79 Å².